The van der Waals surface area contributed by atoms with E-state index in [1.54, 1.807) is 19.3 Å². The van der Waals surface area contributed by atoms with E-state index in [4.69, 9.17) is 5.73 Å². The molecule has 1 rings (SSSR count). The highest BCUT2D eigenvalue weighted by Crippen LogP contribution is 2.11. The zero-order chi connectivity index (χ0) is 6.69. The molecule has 2 N–H and O–H groups in total. The van der Waals surface area contributed by atoms with Gasteiger partial charge in [0.15, 0.2) is 0 Å². The molecule has 1 heterocycles. The van der Waals surface area contributed by atoms with Gasteiger partial charge in [-0.25, -0.2) is 4.98 Å². The van der Waals surface area contributed by atoms with Crippen LogP contribution in [0.2, 0.25) is 0 Å². The molecule has 0 atom stereocenters. The fourth-order valence-electron chi connectivity index (χ4n) is 0.598. The summed E-state index contributed by atoms with van der Waals surface area (Å²) < 4.78 is 0. The molecule has 0 aromatic carbocycles. The van der Waals surface area contributed by atoms with Gasteiger partial charge in [0, 0.05) is 13.2 Å². The molecule has 0 bridgehead atoms. The summed E-state index contributed by atoms with van der Waals surface area (Å²) in [5, 5.41) is 3.88. The summed E-state index contributed by atoms with van der Waals surface area (Å²) >= 11 is 0. The van der Waals surface area contributed by atoms with Crippen LogP contribution < -0.4 is 11.1 Å². The van der Waals surface area contributed by atoms with Gasteiger partial charge in [0.2, 0.25) is 0 Å². The zero-order valence-corrected chi connectivity index (χ0v) is 5.20. The summed E-state index contributed by atoms with van der Waals surface area (Å²) in [6.45, 7) is 0. The minimum absolute atomic E-state index is 0.486. The predicted molar refractivity (Wildman–Crippen MR) is 36.4 cm³/mol. The van der Waals surface area contributed by atoms with E-state index >= 15 is 0 Å². The Labute approximate surface area is 53.9 Å². The van der Waals surface area contributed by atoms with Crippen molar-refractivity contribution >= 4 is 11.5 Å². The molecule has 3 nitrogen and oxygen atoms in total. The SMILES string of the molecule is C[N]c1cccnc1N. The number of hydrogen-bond donors (Lipinski definition) is 1. The van der Waals surface area contributed by atoms with Crippen LogP contribution in [0.5, 0.6) is 0 Å². The molecule has 0 spiro atoms. The third kappa shape index (κ3) is 1.10. The van der Waals surface area contributed by atoms with E-state index in [0.717, 1.165) is 5.69 Å². The van der Waals surface area contributed by atoms with Crippen LogP contribution in [0.25, 0.3) is 0 Å². The molecule has 0 aliphatic heterocycles. The molecule has 0 aliphatic carbocycles. The van der Waals surface area contributed by atoms with Gasteiger partial charge in [0.1, 0.15) is 5.82 Å². The van der Waals surface area contributed by atoms with Crippen LogP contribution >= 0.6 is 0 Å². The number of aromatic nitrogens is 1. The molecule has 0 saturated carbocycles. The monoisotopic (exact) mass is 122 g/mol. The average Bonchev–Trinajstić information content (AvgIpc) is 1.89. The Balaban J connectivity index is 3.01. The Bertz CT molecular complexity index is 197. The van der Waals surface area contributed by atoms with E-state index in [1.165, 1.54) is 0 Å². The molecule has 0 aliphatic rings. The second-order valence-corrected chi connectivity index (χ2v) is 1.63. The van der Waals surface area contributed by atoms with Gasteiger partial charge in [0.25, 0.3) is 0 Å². The fourth-order valence-corrected chi connectivity index (χ4v) is 0.598. The summed E-state index contributed by atoms with van der Waals surface area (Å²) in [5.74, 6) is 0.486. The van der Waals surface area contributed by atoms with Crippen LogP contribution in [0, 0.1) is 0 Å². The summed E-state index contributed by atoms with van der Waals surface area (Å²) in [6, 6.07) is 3.63. The van der Waals surface area contributed by atoms with Gasteiger partial charge in [-0.05, 0) is 12.1 Å². The molecule has 1 aromatic rings. The molecule has 0 amide bonds. The predicted octanol–water partition coefficient (Wildman–Crippen LogP) is 0.529. The molecule has 0 fully saturated rings. The first-order valence-electron chi connectivity index (χ1n) is 2.65. The van der Waals surface area contributed by atoms with Crippen LogP contribution in [-0.4, -0.2) is 12.0 Å². The third-order valence-corrected chi connectivity index (χ3v) is 1.06. The number of nitrogens with two attached hydrogens (primary N) is 1. The molecule has 0 saturated heterocycles. The van der Waals surface area contributed by atoms with Crippen LogP contribution in [0.1, 0.15) is 0 Å². The maximum absolute atomic E-state index is 5.43. The average molecular weight is 122 g/mol. The number of nitrogen functional groups attached to an aromatic ring is 1. The summed E-state index contributed by atoms with van der Waals surface area (Å²) in [4.78, 5) is 3.83. The van der Waals surface area contributed by atoms with E-state index < -0.39 is 0 Å². The van der Waals surface area contributed by atoms with Gasteiger partial charge in [-0.3, -0.25) is 5.32 Å². The van der Waals surface area contributed by atoms with Crippen molar-refractivity contribution in [3.63, 3.8) is 0 Å². The van der Waals surface area contributed by atoms with Gasteiger partial charge in [-0.1, -0.05) is 0 Å². The summed E-state index contributed by atoms with van der Waals surface area (Å²) in [5.41, 5.74) is 6.17. The van der Waals surface area contributed by atoms with E-state index in [9.17, 15) is 0 Å². The summed E-state index contributed by atoms with van der Waals surface area (Å²) in [6.07, 6.45) is 1.64. The lowest BCUT2D eigenvalue weighted by atomic mass is 10.4. The van der Waals surface area contributed by atoms with Crippen molar-refractivity contribution in [1.82, 2.24) is 10.3 Å². The fraction of sp³-hybridized carbons (Fsp3) is 0.167. The van der Waals surface area contributed by atoms with Crippen molar-refractivity contribution in [2.75, 3.05) is 12.8 Å². The van der Waals surface area contributed by atoms with E-state index in [-0.39, 0.29) is 0 Å². The van der Waals surface area contributed by atoms with E-state index in [0.29, 0.717) is 5.82 Å². The first kappa shape index (κ1) is 5.88. The highest BCUT2D eigenvalue weighted by Gasteiger charge is 1.92. The topological polar surface area (TPSA) is 53.0 Å². The summed E-state index contributed by atoms with van der Waals surface area (Å²) in [7, 11) is 1.69. The highest BCUT2D eigenvalue weighted by atomic mass is 14.9. The number of anilines is 1. The Morgan fingerprint density at radius 1 is 1.67 bits per heavy atom. The second-order valence-electron chi connectivity index (χ2n) is 1.63. The Kier molecular flexibility index (Phi) is 1.53. The zero-order valence-electron chi connectivity index (χ0n) is 5.20. The Morgan fingerprint density at radius 2 is 2.44 bits per heavy atom. The molecule has 47 valence electrons. The normalized spacial score (nSPS) is 9.00. The number of pyridine rings is 1. The molecule has 1 aromatic heterocycles. The van der Waals surface area contributed by atoms with Crippen LogP contribution in [0.15, 0.2) is 18.3 Å². The molecule has 1 radical (unpaired) electrons. The molecule has 3 heteroatoms. The van der Waals surface area contributed by atoms with Crippen molar-refractivity contribution in [2.45, 2.75) is 0 Å². The van der Waals surface area contributed by atoms with Gasteiger partial charge in [-0.15, -0.1) is 0 Å². The number of hydrogen-bond acceptors (Lipinski definition) is 2. The van der Waals surface area contributed by atoms with Gasteiger partial charge in [-0.2, -0.15) is 0 Å². The second kappa shape index (κ2) is 2.35. The lowest BCUT2D eigenvalue weighted by Gasteiger charge is -1.97. The van der Waals surface area contributed by atoms with Crippen molar-refractivity contribution in [2.24, 2.45) is 0 Å². The molecular formula is C6H8N3. The Hall–Kier alpha value is -1.25. The van der Waals surface area contributed by atoms with E-state index in [1.807, 2.05) is 6.07 Å². The highest BCUT2D eigenvalue weighted by molar-refractivity contribution is 5.55. The maximum Gasteiger partial charge on any atom is 0.148 e. The van der Waals surface area contributed by atoms with Crippen molar-refractivity contribution in [3.8, 4) is 0 Å². The smallest absolute Gasteiger partial charge is 0.148 e. The number of rotatable bonds is 1. The van der Waals surface area contributed by atoms with Gasteiger partial charge >= 0.3 is 0 Å². The van der Waals surface area contributed by atoms with Crippen molar-refractivity contribution in [3.05, 3.63) is 18.3 Å². The van der Waals surface area contributed by atoms with Crippen molar-refractivity contribution in [1.29, 1.82) is 0 Å². The van der Waals surface area contributed by atoms with Gasteiger partial charge in [0.05, 0.1) is 5.69 Å². The lowest BCUT2D eigenvalue weighted by molar-refractivity contribution is 1.08. The van der Waals surface area contributed by atoms with Gasteiger partial charge < -0.3 is 5.73 Å². The number of nitrogens with zero attached hydrogens (tertiary/aromatic N) is 2. The lowest BCUT2D eigenvalue weighted by Crippen LogP contribution is -1.95. The Morgan fingerprint density at radius 3 is 2.89 bits per heavy atom. The minimum Gasteiger partial charge on any atom is -0.382 e. The first-order chi connectivity index (χ1) is 4.34. The largest absolute Gasteiger partial charge is 0.382 e. The molecule has 9 heavy (non-hydrogen) atoms. The first-order valence-corrected chi connectivity index (χ1v) is 2.65. The minimum atomic E-state index is 0.486. The van der Waals surface area contributed by atoms with Crippen LogP contribution in [0.4, 0.5) is 11.5 Å². The van der Waals surface area contributed by atoms with Crippen LogP contribution in [0.3, 0.4) is 0 Å². The van der Waals surface area contributed by atoms with E-state index in [2.05, 4.69) is 10.3 Å². The third-order valence-electron chi connectivity index (χ3n) is 1.06. The standard InChI is InChI=1S/C6H8N3/c1-8-5-3-2-4-9-6(5)7/h2-4H,1H3,(H2,7,9). The van der Waals surface area contributed by atoms with Crippen molar-refractivity contribution < 1.29 is 0 Å². The molecule has 0 unspecified atom stereocenters. The van der Waals surface area contributed by atoms with Crippen LogP contribution in [-0.2, 0) is 0 Å². The molecular weight excluding hydrogens is 114 g/mol. The maximum atomic E-state index is 5.43. The quantitative estimate of drug-likeness (QED) is 0.590.